The minimum absolute atomic E-state index is 0.0464. The number of benzene rings is 2. The molecule has 1 aliphatic heterocycles. The molecule has 2 aromatic rings. The van der Waals surface area contributed by atoms with E-state index in [0.29, 0.717) is 13.1 Å². The maximum absolute atomic E-state index is 11.6. The van der Waals surface area contributed by atoms with E-state index in [9.17, 15) is 4.79 Å². The Labute approximate surface area is 133 Å². The van der Waals surface area contributed by atoms with Crippen molar-refractivity contribution in [3.8, 4) is 11.5 Å². The predicted molar refractivity (Wildman–Crippen MR) is 86.7 cm³/mol. The average Bonchev–Trinajstić information content (AvgIpc) is 3.00. The fourth-order valence-electron chi connectivity index (χ4n) is 2.13. The molecule has 6 heteroatoms. The zero-order valence-corrected chi connectivity index (χ0v) is 12.9. The Hall–Kier alpha value is -2.34. The zero-order valence-electron chi connectivity index (χ0n) is 12.1. The van der Waals surface area contributed by atoms with Gasteiger partial charge >= 0.3 is 6.03 Å². The highest BCUT2D eigenvalue weighted by atomic mass is 32.2. The summed E-state index contributed by atoms with van der Waals surface area (Å²) in [7, 11) is 1.63. The first-order valence-corrected chi connectivity index (χ1v) is 7.64. The summed E-state index contributed by atoms with van der Waals surface area (Å²) in [6.07, 6.45) is 0. The zero-order chi connectivity index (χ0) is 15.4. The Morgan fingerprint density at radius 3 is 2.32 bits per heavy atom. The largest absolute Gasteiger partial charge is 0.497 e. The monoisotopic (exact) mass is 316 g/mol. The molecule has 0 aromatic heterocycles. The van der Waals surface area contributed by atoms with E-state index in [0.717, 1.165) is 22.1 Å². The second-order valence-electron chi connectivity index (χ2n) is 4.72. The summed E-state index contributed by atoms with van der Waals surface area (Å²) in [4.78, 5) is 14.3. The van der Waals surface area contributed by atoms with Crippen LogP contribution in [-0.2, 0) is 0 Å². The number of nitrogens with zero attached hydrogens (tertiary/aromatic N) is 1. The molecule has 3 rings (SSSR count). The highest BCUT2D eigenvalue weighted by Crippen LogP contribution is 2.27. The lowest BCUT2D eigenvalue weighted by Crippen LogP contribution is -2.27. The third-order valence-electron chi connectivity index (χ3n) is 3.30. The standard InChI is InChI=1S/C16H16N2O3S/c1-20-13-4-6-14(7-5-13)21-22-15-8-2-12(3-9-15)18-11-10-17-16(18)19/h2-9H,10-11H2,1H3,(H,17,19). The molecular formula is C16H16N2O3S. The maximum Gasteiger partial charge on any atom is 0.321 e. The number of methoxy groups -OCH3 is 1. The highest BCUT2D eigenvalue weighted by Gasteiger charge is 2.20. The normalized spacial score (nSPS) is 13.9. The van der Waals surface area contributed by atoms with Crippen LogP contribution in [0, 0.1) is 0 Å². The van der Waals surface area contributed by atoms with Crippen molar-refractivity contribution in [3.05, 3.63) is 48.5 Å². The molecule has 0 atom stereocenters. The summed E-state index contributed by atoms with van der Waals surface area (Å²) in [5.74, 6) is 1.55. The van der Waals surface area contributed by atoms with Gasteiger partial charge in [0, 0.05) is 23.7 Å². The number of anilines is 1. The molecule has 1 N–H and O–H groups in total. The molecule has 0 spiro atoms. The number of hydrogen-bond donors (Lipinski definition) is 1. The van der Waals surface area contributed by atoms with Crippen LogP contribution in [0.2, 0.25) is 0 Å². The van der Waals surface area contributed by atoms with Crippen molar-refractivity contribution in [2.45, 2.75) is 4.90 Å². The van der Waals surface area contributed by atoms with Crippen LogP contribution in [0.5, 0.6) is 11.5 Å². The third-order valence-corrected chi connectivity index (χ3v) is 4.04. The number of carbonyl (C=O) groups excluding carboxylic acids is 1. The predicted octanol–water partition coefficient (Wildman–Crippen LogP) is 3.31. The number of urea groups is 1. The van der Waals surface area contributed by atoms with E-state index < -0.39 is 0 Å². The summed E-state index contributed by atoms with van der Waals surface area (Å²) in [6.45, 7) is 1.39. The Bertz CT molecular complexity index is 643. The second kappa shape index (κ2) is 6.62. The molecule has 1 heterocycles. The first kappa shape index (κ1) is 14.6. The summed E-state index contributed by atoms with van der Waals surface area (Å²) >= 11 is 1.28. The summed E-state index contributed by atoms with van der Waals surface area (Å²) < 4.78 is 10.7. The topological polar surface area (TPSA) is 50.8 Å². The van der Waals surface area contributed by atoms with Gasteiger partial charge < -0.3 is 14.2 Å². The fraction of sp³-hybridized carbons (Fsp3) is 0.188. The molecule has 0 unspecified atom stereocenters. The smallest absolute Gasteiger partial charge is 0.321 e. The van der Waals surface area contributed by atoms with Gasteiger partial charge in [-0.15, -0.1) is 0 Å². The minimum Gasteiger partial charge on any atom is -0.497 e. The first-order valence-electron chi connectivity index (χ1n) is 6.90. The highest BCUT2D eigenvalue weighted by molar-refractivity contribution is 7.95. The molecule has 0 bridgehead atoms. The molecular weight excluding hydrogens is 300 g/mol. The quantitative estimate of drug-likeness (QED) is 0.860. The van der Waals surface area contributed by atoms with Gasteiger partial charge in [0.05, 0.1) is 19.2 Å². The van der Waals surface area contributed by atoms with Crippen molar-refractivity contribution in [2.75, 3.05) is 25.1 Å². The maximum atomic E-state index is 11.6. The van der Waals surface area contributed by atoms with E-state index >= 15 is 0 Å². The number of hydrogen-bond acceptors (Lipinski definition) is 4. The number of carbonyl (C=O) groups is 1. The van der Waals surface area contributed by atoms with Gasteiger partial charge in [0.15, 0.2) is 0 Å². The minimum atomic E-state index is -0.0464. The molecule has 0 aliphatic carbocycles. The van der Waals surface area contributed by atoms with Crippen molar-refractivity contribution in [1.82, 2.24) is 5.32 Å². The molecule has 0 saturated carbocycles. The van der Waals surface area contributed by atoms with Crippen LogP contribution in [0.15, 0.2) is 53.4 Å². The fourth-order valence-corrected chi connectivity index (χ4v) is 2.68. The van der Waals surface area contributed by atoms with E-state index in [4.69, 9.17) is 8.92 Å². The van der Waals surface area contributed by atoms with Crippen molar-refractivity contribution >= 4 is 23.8 Å². The van der Waals surface area contributed by atoms with Crippen LogP contribution in [-0.4, -0.2) is 26.2 Å². The lowest BCUT2D eigenvalue weighted by Gasteiger charge is -2.14. The SMILES string of the molecule is COc1ccc(OSc2ccc(N3CCNC3=O)cc2)cc1. The Balaban J connectivity index is 1.59. The van der Waals surface area contributed by atoms with Crippen molar-refractivity contribution in [2.24, 2.45) is 0 Å². The lowest BCUT2D eigenvalue weighted by atomic mass is 10.3. The second-order valence-corrected chi connectivity index (χ2v) is 5.52. The lowest BCUT2D eigenvalue weighted by molar-refractivity contribution is 0.252. The molecule has 1 aliphatic rings. The molecule has 2 aromatic carbocycles. The van der Waals surface area contributed by atoms with Gasteiger partial charge in [-0.25, -0.2) is 4.79 Å². The molecule has 1 fully saturated rings. The van der Waals surface area contributed by atoms with E-state index in [1.165, 1.54) is 12.0 Å². The molecule has 1 saturated heterocycles. The van der Waals surface area contributed by atoms with Gasteiger partial charge in [0.1, 0.15) is 11.5 Å². The molecule has 114 valence electrons. The Kier molecular flexibility index (Phi) is 4.39. The van der Waals surface area contributed by atoms with Crippen molar-refractivity contribution in [3.63, 3.8) is 0 Å². The van der Waals surface area contributed by atoms with E-state index in [1.54, 1.807) is 12.0 Å². The molecule has 22 heavy (non-hydrogen) atoms. The molecule has 2 amide bonds. The van der Waals surface area contributed by atoms with Gasteiger partial charge in [-0.3, -0.25) is 4.90 Å². The Morgan fingerprint density at radius 2 is 1.73 bits per heavy atom. The van der Waals surface area contributed by atoms with Crippen LogP contribution in [0.4, 0.5) is 10.5 Å². The third kappa shape index (κ3) is 3.28. The number of amides is 2. The number of rotatable bonds is 5. The van der Waals surface area contributed by atoms with Gasteiger partial charge in [-0.1, -0.05) is 0 Å². The number of ether oxygens (including phenoxy) is 1. The van der Waals surface area contributed by atoms with Crippen LogP contribution < -0.4 is 19.1 Å². The van der Waals surface area contributed by atoms with E-state index in [-0.39, 0.29) is 6.03 Å². The van der Waals surface area contributed by atoms with Gasteiger partial charge in [0.25, 0.3) is 0 Å². The number of nitrogens with one attached hydrogen (secondary N) is 1. The van der Waals surface area contributed by atoms with Crippen LogP contribution in [0.3, 0.4) is 0 Å². The average molecular weight is 316 g/mol. The van der Waals surface area contributed by atoms with Gasteiger partial charge in [-0.05, 0) is 48.5 Å². The van der Waals surface area contributed by atoms with E-state index in [2.05, 4.69) is 5.32 Å². The van der Waals surface area contributed by atoms with Gasteiger partial charge in [-0.2, -0.15) is 0 Å². The Morgan fingerprint density at radius 1 is 1.05 bits per heavy atom. The molecule has 0 radical (unpaired) electrons. The summed E-state index contributed by atoms with van der Waals surface area (Å²) in [5, 5.41) is 2.79. The van der Waals surface area contributed by atoms with Crippen molar-refractivity contribution < 1.29 is 13.7 Å². The van der Waals surface area contributed by atoms with Gasteiger partial charge in [0.2, 0.25) is 0 Å². The first-order chi connectivity index (χ1) is 10.8. The molecule has 5 nitrogen and oxygen atoms in total. The van der Waals surface area contributed by atoms with Crippen LogP contribution in [0.25, 0.3) is 0 Å². The van der Waals surface area contributed by atoms with E-state index in [1.807, 2.05) is 48.5 Å². The summed E-state index contributed by atoms with van der Waals surface area (Å²) in [6, 6.07) is 15.1. The van der Waals surface area contributed by atoms with Crippen LogP contribution >= 0.6 is 12.0 Å². The summed E-state index contributed by atoms with van der Waals surface area (Å²) in [5.41, 5.74) is 0.892. The van der Waals surface area contributed by atoms with Crippen LogP contribution in [0.1, 0.15) is 0 Å². The van der Waals surface area contributed by atoms with Crippen molar-refractivity contribution in [1.29, 1.82) is 0 Å².